The maximum atomic E-state index is 12.7. The Labute approximate surface area is 159 Å². The lowest BCUT2D eigenvalue weighted by molar-refractivity contribution is -0.121. The summed E-state index contributed by atoms with van der Waals surface area (Å²) in [5.74, 6) is -0.693. The molecule has 142 valence electrons. The maximum absolute atomic E-state index is 12.7. The first-order valence-electron chi connectivity index (χ1n) is 9.51. The fourth-order valence-electron chi connectivity index (χ4n) is 3.14. The number of morpholine rings is 1. The monoisotopic (exact) mass is 367 g/mol. The molecule has 0 spiro atoms. The van der Waals surface area contributed by atoms with E-state index in [1.165, 1.54) is 0 Å². The Morgan fingerprint density at radius 3 is 2.63 bits per heavy atom. The average Bonchev–Trinajstić information content (AvgIpc) is 2.72. The third-order valence-electron chi connectivity index (χ3n) is 4.63. The minimum Gasteiger partial charge on any atom is -0.378 e. The lowest BCUT2D eigenvalue weighted by Gasteiger charge is -2.29. The summed E-state index contributed by atoms with van der Waals surface area (Å²) in [5.41, 5.74) is 1.86. The molecule has 2 aromatic rings. The van der Waals surface area contributed by atoms with Gasteiger partial charge in [0.15, 0.2) is 11.7 Å². The molecule has 7 heteroatoms. The predicted octanol–water partition coefficient (Wildman–Crippen LogP) is 2.38. The number of para-hydroxylation sites is 2. The van der Waals surface area contributed by atoms with Gasteiger partial charge in [0.2, 0.25) is 5.91 Å². The Kier molecular flexibility index (Phi) is 6.55. The minimum absolute atomic E-state index is 0.312. The number of benzene rings is 1. The maximum Gasteiger partial charge on any atom is 0.243 e. The lowest BCUT2D eigenvalue weighted by atomic mass is 10.0. The Morgan fingerprint density at radius 1 is 1.26 bits per heavy atom. The number of amides is 1. The molecular weight excluding hydrogens is 342 g/mol. The summed E-state index contributed by atoms with van der Waals surface area (Å²) >= 11 is 0. The highest BCUT2D eigenvalue weighted by molar-refractivity contribution is 5.88. The highest BCUT2D eigenvalue weighted by atomic mass is 16.5. The van der Waals surface area contributed by atoms with Gasteiger partial charge in [-0.3, -0.25) is 4.79 Å². The minimum atomic E-state index is -0.985. The number of ether oxygens (including phenoxy) is 1. The van der Waals surface area contributed by atoms with E-state index in [4.69, 9.17) is 9.72 Å². The summed E-state index contributed by atoms with van der Waals surface area (Å²) < 4.78 is 5.42. The highest BCUT2D eigenvalue weighted by Crippen LogP contribution is 2.27. The first-order valence-corrected chi connectivity index (χ1v) is 9.51. The van der Waals surface area contributed by atoms with Crippen LogP contribution >= 0.6 is 0 Å². The average molecular weight is 367 g/mol. The van der Waals surface area contributed by atoms with Crippen LogP contribution in [0.2, 0.25) is 0 Å². The smallest absolute Gasteiger partial charge is 0.243 e. The van der Waals surface area contributed by atoms with Crippen LogP contribution in [0.1, 0.15) is 37.8 Å². The highest BCUT2D eigenvalue weighted by Gasteiger charge is 2.29. The molecule has 7 nitrogen and oxygen atoms in total. The zero-order valence-electron chi connectivity index (χ0n) is 15.6. The zero-order valence-corrected chi connectivity index (χ0v) is 15.6. The molecular formula is C20H25N5O2. The first-order chi connectivity index (χ1) is 13.2. The van der Waals surface area contributed by atoms with E-state index < -0.39 is 5.92 Å². The molecule has 1 fully saturated rings. The van der Waals surface area contributed by atoms with E-state index in [-0.39, 0.29) is 5.91 Å². The Bertz CT molecular complexity index is 827. The van der Waals surface area contributed by atoms with Gasteiger partial charge in [0.1, 0.15) is 5.69 Å². The molecule has 27 heavy (non-hydrogen) atoms. The van der Waals surface area contributed by atoms with Crippen molar-refractivity contribution in [2.24, 2.45) is 0 Å². The van der Waals surface area contributed by atoms with Crippen molar-refractivity contribution in [3.63, 3.8) is 0 Å². The van der Waals surface area contributed by atoms with E-state index in [2.05, 4.69) is 23.3 Å². The fourth-order valence-corrected chi connectivity index (χ4v) is 3.14. The second kappa shape index (κ2) is 9.28. The first kappa shape index (κ1) is 19.1. The van der Waals surface area contributed by atoms with Gasteiger partial charge in [-0.15, -0.1) is 0 Å². The van der Waals surface area contributed by atoms with Crippen LogP contribution in [0.25, 0.3) is 11.0 Å². The molecule has 1 saturated heterocycles. The molecule has 0 aliphatic carbocycles. The van der Waals surface area contributed by atoms with Gasteiger partial charge in [0.25, 0.3) is 0 Å². The SMILES string of the molecule is CCCCCNC(=O)C(C#N)c1nc2ccccc2nc1N1CCOCC1. The van der Waals surface area contributed by atoms with Gasteiger partial charge in [0.05, 0.1) is 30.3 Å². The van der Waals surface area contributed by atoms with Gasteiger partial charge in [-0.25, -0.2) is 9.97 Å². The summed E-state index contributed by atoms with van der Waals surface area (Å²) in [6.45, 7) is 5.19. The second-order valence-electron chi connectivity index (χ2n) is 6.58. The number of unbranched alkanes of at least 4 members (excludes halogenated alkanes) is 2. The molecule has 1 aromatic heterocycles. The van der Waals surface area contributed by atoms with E-state index in [1.54, 1.807) is 0 Å². The number of nitrogens with one attached hydrogen (secondary N) is 1. The number of carbonyl (C=O) groups excluding carboxylic acids is 1. The van der Waals surface area contributed by atoms with Crippen molar-refractivity contribution in [1.29, 1.82) is 5.26 Å². The van der Waals surface area contributed by atoms with E-state index in [0.29, 0.717) is 49.9 Å². The number of nitriles is 1. The van der Waals surface area contributed by atoms with E-state index in [1.807, 2.05) is 29.2 Å². The number of hydrogen-bond acceptors (Lipinski definition) is 6. The molecule has 1 amide bonds. The molecule has 1 aliphatic heterocycles. The molecule has 0 bridgehead atoms. The molecule has 1 atom stereocenters. The summed E-state index contributed by atoms with van der Waals surface area (Å²) in [6, 6.07) is 9.65. The van der Waals surface area contributed by atoms with Crippen LogP contribution < -0.4 is 10.2 Å². The van der Waals surface area contributed by atoms with E-state index in [0.717, 1.165) is 24.8 Å². The number of rotatable bonds is 7. The van der Waals surface area contributed by atoms with Crippen LogP contribution in [0.15, 0.2) is 24.3 Å². The summed E-state index contributed by atoms with van der Waals surface area (Å²) in [4.78, 5) is 24.1. The van der Waals surface area contributed by atoms with Crippen molar-refractivity contribution in [1.82, 2.24) is 15.3 Å². The van der Waals surface area contributed by atoms with Crippen molar-refractivity contribution < 1.29 is 9.53 Å². The van der Waals surface area contributed by atoms with Crippen molar-refractivity contribution in [2.75, 3.05) is 37.7 Å². The molecule has 3 rings (SSSR count). The number of aromatic nitrogens is 2. The third kappa shape index (κ3) is 4.52. The standard InChI is InChI=1S/C20H25N5O2/c1-2-3-6-9-22-20(26)15(14-21)18-19(25-10-12-27-13-11-25)24-17-8-5-4-7-16(17)23-18/h4-5,7-8,15H,2-3,6,9-13H2,1H3,(H,22,26). The third-order valence-corrected chi connectivity index (χ3v) is 4.63. The van der Waals surface area contributed by atoms with Crippen LogP contribution in [0.4, 0.5) is 5.82 Å². The molecule has 0 saturated carbocycles. The second-order valence-corrected chi connectivity index (χ2v) is 6.58. The van der Waals surface area contributed by atoms with E-state index >= 15 is 0 Å². The number of fused-ring (bicyclic) bond motifs is 1. The number of hydrogen-bond donors (Lipinski definition) is 1. The number of carbonyl (C=O) groups is 1. The van der Waals surface area contributed by atoms with Crippen LogP contribution in [0.5, 0.6) is 0 Å². The normalized spacial score (nSPS) is 15.3. The molecule has 1 N–H and O–H groups in total. The van der Waals surface area contributed by atoms with Crippen molar-refractivity contribution in [3.8, 4) is 6.07 Å². The lowest BCUT2D eigenvalue weighted by Crippen LogP contribution is -2.39. The van der Waals surface area contributed by atoms with Gasteiger partial charge in [-0.1, -0.05) is 31.9 Å². The molecule has 0 radical (unpaired) electrons. The summed E-state index contributed by atoms with van der Waals surface area (Å²) in [5, 5.41) is 12.6. The Morgan fingerprint density at radius 2 is 1.96 bits per heavy atom. The largest absolute Gasteiger partial charge is 0.378 e. The summed E-state index contributed by atoms with van der Waals surface area (Å²) in [7, 11) is 0. The van der Waals surface area contributed by atoms with Crippen molar-refractivity contribution in [2.45, 2.75) is 32.1 Å². The Hall–Kier alpha value is -2.72. The van der Waals surface area contributed by atoms with Gasteiger partial charge in [-0.05, 0) is 18.6 Å². The molecule has 1 unspecified atom stereocenters. The zero-order chi connectivity index (χ0) is 19.1. The van der Waals surface area contributed by atoms with Gasteiger partial charge in [-0.2, -0.15) is 5.26 Å². The fraction of sp³-hybridized carbons (Fsp3) is 0.500. The molecule has 1 aliphatic rings. The number of anilines is 1. The van der Waals surface area contributed by atoms with Gasteiger partial charge in [0, 0.05) is 19.6 Å². The Balaban J connectivity index is 1.94. The quantitative estimate of drug-likeness (QED) is 0.756. The van der Waals surface area contributed by atoms with Gasteiger partial charge >= 0.3 is 0 Å². The predicted molar refractivity (Wildman–Crippen MR) is 103 cm³/mol. The van der Waals surface area contributed by atoms with Gasteiger partial charge < -0.3 is 15.0 Å². The van der Waals surface area contributed by atoms with Crippen molar-refractivity contribution in [3.05, 3.63) is 30.0 Å². The van der Waals surface area contributed by atoms with Crippen LogP contribution in [0, 0.1) is 11.3 Å². The van der Waals surface area contributed by atoms with Crippen LogP contribution in [-0.2, 0) is 9.53 Å². The topological polar surface area (TPSA) is 91.1 Å². The summed E-state index contributed by atoms with van der Waals surface area (Å²) in [6.07, 6.45) is 3.03. The molecule has 1 aromatic carbocycles. The number of nitrogens with zero attached hydrogens (tertiary/aromatic N) is 4. The van der Waals surface area contributed by atoms with Crippen LogP contribution in [0.3, 0.4) is 0 Å². The molecule has 2 heterocycles. The van der Waals surface area contributed by atoms with Crippen LogP contribution in [-0.4, -0.2) is 48.7 Å². The van der Waals surface area contributed by atoms with Crippen molar-refractivity contribution >= 4 is 22.8 Å². The van der Waals surface area contributed by atoms with E-state index in [9.17, 15) is 10.1 Å².